The molecule has 0 bridgehead atoms. The smallest absolute Gasteiger partial charge is 0.410 e. The van der Waals surface area contributed by atoms with Crippen molar-refractivity contribution in [2.75, 3.05) is 32.8 Å². The van der Waals surface area contributed by atoms with Gasteiger partial charge in [-0.3, -0.25) is 4.98 Å². The van der Waals surface area contributed by atoms with Gasteiger partial charge in [0.2, 0.25) is 10.0 Å². The Morgan fingerprint density at radius 2 is 1.78 bits per heavy atom. The number of hydrogen-bond donors (Lipinski definition) is 0. The highest BCUT2D eigenvalue weighted by atomic mass is 32.2. The number of hydrogen-bond acceptors (Lipinski definition) is 6. The van der Waals surface area contributed by atoms with Gasteiger partial charge in [-0.15, -0.1) is 0 Å². The van der Waals surface area contributed by atoms with E-state index in [0.717, 1.165) is 55.7 Å². The topological polar surface area (TPSA) is 89.0 Å². The molecule has 2 atom stereocenters. The zero-order valence-electron chi connectivity index (χ0n) is 21.7. The van der Waals surface area contributed by atoms with Crippen molar-refractivity contribution >= 4 is 16.1 Å². The molecule has 0 spiro atoms. The lowest BCUT2D eigenvalue weighted by molar-refractivity contribution is 0.0351. The predicted octanol–water partition coefficient (Wildman–Crippen LogP) is 4.16. The van der Waals surface area contributed by atoms with Crippen LogP contribution in [0.1, 0.15) is 42.5 Å². The Hall–Kier alpha value is -2.49. The number of nitrogens with zero attached hydrogens (tertiary/aromatic N) is 3. The lowest BCUT2D eigenvalue weighted by Crippen LogP contribution is -2.44. The van der Waals surface area contributed by atoms with E-state index in [4.69, 9.17) is 9.47 Å². The van der Waals surface area contributed by atoms with E-state index in [0.29, 0.717) is 30.4 Å². The predicted molar refractivity (Wildman–Crippen MR) is 139 cm³/mol. The van der Waals surface area contributed by atoms with Crippen LogP contribution in [0.4, 0.5) is 4.79 Å². The standard InChI is InChI=1S/C28H37N3O5S/c1-20-12-21(2)29-15-27(20)37(33,34)30-17-24-13-26(14-25(24)18-30)31(16-22-8-10-35-11-9-22)28(32)36-19-23-6-4-3-5-7-23/h3-7,12,15,22,24-26H,8-11,13-14,16-19H2,1-2H3. The summed E-state index contributed by atoms with van der Waals surface area (Å²) in [6.45, 7) is 7.03. The molecule has 0 N–H and O–H groups in total. The van der Waals surface area contributed by atoms with Gasteiger partial charge in [0.15, 0.2) is 0 Å². The molecule has 1 saturated carbocycles. The van der Waals surface area contributed by atoms with Crippen LogP contribution in [0, 0.1) is 31.6 Å². The molecule has 8 nitrogen and oxygen atoms in total. The molecule has 200 valence electrons. The molecule has 3 aliphatic rings. The normalized spacial score (nSPS) is 24.6. The number of carbonyl (C=O) groups excluding carboxylic acids is 1. The van der Waals surface area contributed by atoms with E-state index in [2.05, 4.69) is 4.98 Å². The summed E-state index contributed by atoms with van der Waals surface area (Å²) in [5.74, 6) is 0.863. The molecular weight excluding hydrogens is 490 g/mol. The van der Waals surface area contributed by atoms with E-state index < -0.39 is 10.0 Å². The Kier molecular flexibility index (Phi) is 7.83. The van der Waals surface area contributed by atoms with Gasteiger partial charge in [-0.1, -0.05) is 30.3 Å². The Balaban J connectivity index is 1.26. The molecule has 5 rings (SSSR count). The third-order valence-corrected chi connectivity index (χ3v) is 10.1. The number of benzene rings is 1. The lowest BCUT2D eigenvalue weighted by atomic mass is 9.98. The maximum absolute atomic E-state index is 13.4. The van der Waals surface area contributed by atoms with Crippen molar-refractivity contribution in [3.05, 3.63) is 59.4 Å². The van der Waals surface area contributed by atoms with Gasteiger partial charge in [0.1, 0.15) is 11.5 Å². The van der Waals surface area contributed by atoms with Crippen LogP contribution in [0.3, 0.4) is 0 Å². The second-order valence-corrected chi connectivity index (χ2v) is 12.7. The van der Waals surface area contributed by atoms with Gasteiger partial charge in [0.25, 0.3) is 0 Å². The molecule has 2 unspecified atom stereocenters. The second kappa shape index (κ2) is 11.1. The fraction of sp³-hybridized carbons (Fsp3) is 0.571. The van der Waals surface area contributed by atoms with E-state index in [1.807, 2.05) is 55.1 Å². The van der Waals surface area contributed by atoms with Gasteiger partial charge in [-0.05, 0) is 74.5 Å². The van der Waals surface area contributed by atoms with Gasteiger partial charge in [-0.25, -0.2) is 13.2 Å². The first-order chi connectivity index (χ1) is 17.8. The van der Waals surface area contributed by atoms with Gasteiger partial charge in [-0.2, -0.15) is 4.31 Å². The summed E-state index contributed by atoms with van der Waals surface area (Å²) < 4.78 is 39.7. The first kappa shape index (κ1) is 26.1. The van der Waals surface area contributed by atoms with Crippen LogP contribution in [-0.2, 0) is 26.1 Å². The summed E-state index contributed by atoms with van der Waals surface area (Å²) in [4.78, 5) is 19.8. The largest absolute Gasteiger partial charge is 0.445 e. The Labute approximate surface area is 220 Å². The third-order valence-electron chi connectivity index (χ3n) is 8.19. The van der Waals surface area contributed by atoms with Crippen molar-refractivity contribution in [2.45, 2.75) is 57.1 Å². The first-order valence-electron chi connectivity index (χ1n) is 13.3. The van der Waals surface area contributed by atoms with Gasteiger partial charge < -0.3 is 14.4 Å². The fourth-order valence-corrected chi connectivity index (χ4v) is 7.86. The zero-order chi connectivity index (χ0) is 26.0. The SMILES string of the molecule is Cc1cc(C)c(S(=O)(=O)N2CC3CC(N(CC4CCOCC4)C(=O)OCc4ccccc4)CC3C2)cn1. The molecule has 1 aromatic carbocycles. The van der Waals surface area contributed by atoms with Crippen LogP contribution in [-0.4, -0.2) is 67.6 Å². The molecule has 2 saturated heterocycles. The number of pyridine rings is 1. The molecule has 37 heavy (non-hydrogen) atoms. The number of fused-ring (bicyclic) bond motifs is 1. The number of carbonyl (C=O) groups is 1. The summed E-state index contributed by atoms with van der Waals surface area (Å²) in [5.41, 5.74) is 2.50. The highest BCUT2D eigenvalue weighted by molar-refractivity contribution is 7.89. The molecule has 1 aliphatic carbocycles. The minimum absolute atomic E-state index is 0.0637. The van der Waals surface area contributed by atoms with Gasteiger partial charge in [0, 0.05) is 50.8 Å². The number of aromatic nitrogens is 1. The molecule has 9 heteroatoms. The number of ether oxygens (including phenoxy) is 2. The number of aryl methyl sites for hydroxylation is 2. The molecule has 1 amide bonds. The van der Waals surface area contributed by atoms with E-state index in [1.54, 1.807) is 4.31 Å². The minimum Gasteiger partial charge on any atom is -0.445 e. The molecule has 2 aromatic rings. The van der Waals surface area contributed by atoms with Crippen molar-refractivity contribution in [2.24, 2.45) is 17.8 Å². The van der Waals surface area contributed by atoms with Crippen molar-refractivity contribution in [3.63, 3.8) is 0 Å². The molecular formula is C28H37N3O5S. The summed E-state index contributed by atoms with van der Waals surface area (Å²) >= 11 is 0. The quantitative estimate of drug-likeness (QED) is 0.537. The molecule has 0 radical (unpaired) electrons. The fourth-order valence-electron chi connectivity index (χ4n) is 6.15. The molecule has 3 heterocycles. The summed E-state index contributed by atoms with van der Waals surface area (Å²) in [7, 11) is -3.59. The Bertz CT molecular complexity index is 1190. The maximum Gasteiger partial charge on any atom is 0.410 e. The Morgan fingerprint density at radius 3 is 2.43 bits per heavy atom. The average Bonchev–Trinajstić information content (AvgIpc) is 3.47. The second-order valence-electron chi connectivity index (χ2n) is 10.8. The van der Waals surface area contributed by atoms with Gasteiger partial charge in [0.05, 0.1) is 0 Å². The van der Waals surface area contributed by atoms with Crippen LogP contribution < -0.4 is 0 Å². The van der Waals surface area contributed by atoms with Crippen LogP contribution in [0.15, 0.2) is 47.5 Å². The monoisotopic (exact) mass is 527 g/mol. The van der Waals surface area contributed by atoms with Crippen LogP contribution >= 0.6 is 0 Å². The van der Waals surface area contributed by atoms with Crippen molar-refractivity contribution in [1.82, 2.24) is 14.2 Å². The molecule has 3 fully saturated rings. The summed E-state index contributed by atoms with van der Waals surface area (Å²) in [6.07, 6.45) is 4.69. The lowest BCUT2D eigenvalue weighted by Gasteiger charge is -2.34. The van der Waals surface area contributed by atoms with E-state index in [1.165, 1.54) is 6.20 Å². The van der Waals surface area contributed by atoms with Crippen LogP contribution in [0.25, 0.3) is 0 Å². The van der Waals surface area contributed by atoms with E-state index in [9.17, 15) is 13.2 Å². The average molecular weight is 528 g/mol. The van der Waals surface area contributed by atoms with Crippen molar-refractivity contribution in [1.29, 1.82) is 0 Å². The highest BCUT2D eigenvalue weighted by Gasteiger charge is 2.47. The highest BCUT2D eigenvalue weighted by Crippen LogP contribution is 2.42. The van der Waals surface area contributed by atoms with E-state index >= 15 is 0 Å². The van der Waals surface area contributed by atoms with Gasteiger partial charge >= 0.3 is 6.09 Å². The van der Waals surface area contributed by atoms with Crippen molar-refractivity contribution < 1.29 is 22.7 Å². The van der Waals surface area contributed by atoms with Crippen LogP contribution in [0.5, 0.6) is 0 Å². The van der Waals surface area contributed by atoms with Crippen LogP contribution in [0.2, 0.25) is 0 Å². The Morgan fingerprint density at radius 1 is 1.11 bits per heavy atom. The first-order valence-corrected chi connectivity index (χ1v) is 14.7. The number of amides is 1. The zero-order valence-corrected chi connectivity index (χ0v) is 22.5. The third kappa shape index (κ3) is 5.84. The van der Waals surface area contributed by atoms with Crippen molar-refractivity contribution in [3.8, 4) is 0 Å². The molecule has 2 aliphatic heterocycles. The number of rotatable bonds is 7. The maximum atomic E-state index is 13.4. The summed E-state index contributed by atoms with van der Waals surface area (Å²) in [5, 5.41) is 0. The molecule has 1 aromatic heterocycles. The number of sulfonamides is 1. The summed E-state index contributed by atoms with van der Waals surface area (Å²) in [6, 6.07) is 11.6. The van der Waals surface area contributed by atoms with E-state index in [-0.39, 0.29) is 30.6 Å². The minimum atomic E-state index is -3.59.